The third-order valence-corrected chi connectivity index (χ3v) is 3.40. The lowest BCUT2D eigenvalue weighted by atomic mass is 10.2. The van der Waals surface area contributed by atoms with Crippen molar-refractivity contribution in [1.29, 1.82) is 0 Å². The zero-order valence-electron chi connectivity index (χ0n) is 15.2. The number of hydrogen-bond acceptors (Lipinski definition) is 5. The third kappa shape index (κ3) is 5.44. The minimum atomic E-state index is -0.254. The first-order chi connectivity index (χ1) is 12.7. The number of benzene rings is 1. The van der Waals surface area contributed by atoms with Crippen LogP contribution in [0.1, 0.15) is 17.5 Å². The Morgan fingerprint density at radius 1 is 1.19 bits per heavy atom. The molecular formula is C18H24N4O4. The Morgan fingerprint density at radius 2 is 2.00 bits per heavy atom. The molecule has 0 aliphatic carbocycles. The maximum atomic E-state index is 11.8. The first kappa shape index (κ1) is 19.2. The van der Waals surface area contributed by atoms with Gasteiger partial charge in [-0.2, -0.15) is 0 Å². The molecule has 2 rings (SSSR count). The van der Waals surface area contributed by atoms with E-state index in [0.29, 0.717) is 37.2 Å². The number of carbonyl (C=O) groups excluding carboxylic acids is 1. The standard InChI is InChI=1S/C18H24N4O4/c1-4-25-14-8-7-13(12-16(14)24-3)22-18(19-2)21-10-9-20-17(23)15-6-5-11-26-15/h5-8,11-12H,4,9-10H2,1-3H3,(H,20,23)(H2,19,21,22). The topological polar surface area (TPSA) is 97.1 Å². The molecule has 1 heterocycles. The van der Waals surface area contributed by atoms with Crippen molar-refractivity contribution in [2.45, 2.75) is 6.92 Å². The highest BCUT2D eigenvalue weighted by atomic mass is 16.5. The Hall–Kier alpha value is -3.16. The van der Waals surface area contributed by atoms with Gasteiger partial charge in [-0.15, -0.1) is 0 Å². The Morgan fingerprint density at radius 3 is 2.65 bits per heavy atom. The van der Waals surface area contributed by atoms with E-state index in [1.807, 2.05) is 25.1 Å². The minimum absolute atomic E-state index is 0.254. The van der Waals surface area contributed by atoms with Crippen LogP contribution >= 0.6 is 0 Å². The summed E-state index contributed by atoms with van der Waals surface area (Å²) in [6.07, 6.45) is 1.46. The van der Waals surface area contributed by atoms with Crippen LogP contribution in [0.4, 0.5) is 5.69 Å². The van der Waals surface area contributed by atoms with Crippen molar-refractivity contribution in [3.8, 4) is 11.5 Å². The normalized spacial score (nSPS) is 11.0. The van der Waals surface area contributed by atoms with Gasteiger partial charge in [0.2, 0.25) is 0 Å². The van der Waals surface area contributed by atoms with Gasteiger partial charge in [-0.1, -0.05) is 0 Å². The summed E-state index contributed by atoms with van der Waals surface area (Å²) in [7, 11) is 3.26. The maximum Gasteiger partial charge on any atom is 0.287 e. The Bertz CT molecular complexity index is 729. The first-order valence-corrected chi connectivity index (χ1v) is 8.28. The predicted molar refractivity (Wildman–Crippen MR) is 100 cm³/mol. The van der Waals surface area contributed by atoms with Crippen LogP contribution in [-0.4, -0.2) is 45.7 Å². The van der Waals surface area contributed by atoms with Crippen molar-refractivity contribution in [3.05, 3.63) is 42.4 Å². The van der Waals surface area contributed by atoms with Crippen LogP contribution in [0.15, 0.2) is 46.0 Å². The van der Waals surface area contributed by atoms with E-state index >= 15 is 0 Å². The number of furan rings is 1. The molecule has 1 aromatic heterocycles. The fraction of sp³-hybridized carbons (Fsp3) is 0.333. The molecule has 8 nitrogen and oxygen atoms in total. The molecule has 0 aliphatic heterocycles. The lowest BCUT2D eigenvalue weighted by Crippen LogP contribution is -2.37. The average Bonchev–Trinajstić information content (AvgIpc) is 3.20. The van der Waals surface area contributed by atoms with Crippen LogP contribution in [0.3, 0.4) is 0 Å². The van der Waals surface area contributed by atoms with Gasteiger partial charge in [-0.3, -0.25) is 9.79 Å². The van der Waals surface area contributed by atoms with E-state index in [9.17, 15) is 4.79 Å². The summed E-state index contributed by atoms with van der Waals surface area (Å²) in [5.41, 5.74) is 0.804. The molecule has 0 unspecified atom stereocenters. The third-order valence-electron chi connectivity index (χ3n) is 3.40. The number of nitrogens with zero attached hydrogens (tertiary/aromatic N) is 1. The molecule has 0 bridgehead atoms. The van der Waals surface area contributed by atoms with Crippen molar-refractivity contribution in [2.75, 3.05) is 39.2 Å². The fourth-order valence-electron chi connectivity index (χ4n) is 2.19. The van der Waals surface area contributed by atoms with Crippen LogP contribution in [0.25, 0.3) is 0 Å². The molecule has 0 spiro atoms. The molecule has 0 atom stereocenters. The number of methoxy groups -OCH3 is 1. The maximum absolute atomic E-state index is 11.8. The van der Waals surface area contributed by atoms with Gasteiger partial charge in [0, 0.05) is 31.9 Å². The quantitative estimate of drug-likeness (QED) is 0.379. The highest BCUT2D eigenvalue weighted by molar-refractivity contribution is 5.94. The summed E-state index contributed by atoms with van der Waals surface area (Å²) in [5.74, 6) is 1.93. The molecule has 0 saturated carbocycles. The molecule has 0 radical (unpaired) electrons. The fourth-order valence-corrected chi connectivity index (χ4v) is 2.19. The van der Waals surface area contributed by atoms with E-state index in [2.05, 4.69) is 20.9 Å². The molecule has 140 valence electrons. The lowest BCUT2D eigenvalue weighted by Gasteiger charge is -2.14. The smallest absolute Gasteiger partial charge is 0.287 e. The molecule has 3 N–H and O–H groups in total. The minimum Gasteiger partial charge on any atom is -0.493 e. The predicted octanol–water partition coefficient (Wildman–Crippen LogP) is 2.10. The number of guanidine groups is 1. The summed E-state index contributed by atoms with van der Waals surface area (Å²) < 4.78 is 15.9. The first-order valence-electron chi connectivity index (χ1n) is 8.28. The van der Waals surface area contributed by atoms with Crippen molar-refractivity contribution < 1.29 is 18.7 Å². The summed E-state index contributed by atoms with van der Waals surface area (Å²) in [6, 6.07) is 8.82. The van der Waals surface area contributed by atoms with Gasteiger partial charge in [0.15, 0.2) is 23.2 Å². The number of hydrogen-bond donors (Lipinski definition) is 3. The highest BCUT2D eigenvalue weighted by Crippen LogP contribution is 2.30. The summed E-state index contributed by atoms with van der Waals surface area (Å²) in [5, 5.41) is 9.03. The second-order valence-electron chi connectivity index (χ2n) is 5.16. The van der Waals surface area contributed by atoms with Gasteiger partial charge in [0.1, 0.15) is 0 Å². The van der Waals surface area contributed by atoms with Crippen molar-refractivity contribution in [3.63, 3.8) is 0 Å². The zero-order chi connectivity index (χ0) is 18.8. The Labute approximate surface area is 152 Å². The van der Waals surface area contributed by atoms with Crippen LogP contribution in [0.5, 0.6) is 11.5 Å². The average molecular weight is 360 g/mol. The number of carbonyl (C=O) groups is 1. The van der Waals surface area contributed by atoms with Crippen LogP contribution in [0.2, 0.25) is 0 Å². The van der Waals surface area contributed by atoms with E-state index in [1.54, 1.807) is 26.3 Å². The number of anilines is 1. The van der Waals surface area contributed by atoms with Gasteiger partial charge >= 0.3 is 0 Å². The van der Waals surface area contributed by atoms with Crippen LogP contribution in [0, 0.1) is 0 Å². The molecule has 1 amide bonds. The van der Waals surface area contributed by atoms with E-state index < -0.39 is 0 Å². The molecule has 1 aromatic carbocycles. The van der Waals surface area contributed by atoms with Gasteiger partial charge in [0.25, 0.3) is 5.91 Å². The Kier molecular flexibility index (Phi) is 7.35. The zero-order valence-corrected chi connectivity index (χ0v) is 15.2. The molecule has 0 aliphatic rings. The number of aliphatic imine (C=N–C) groups is 1. The van der Waals surface area contributed by atoms with Gasteiger partial charge < -0.3 is 29.8 Å². The summed E-state index contributed by atoms with van der Waals surface area (Å²) in [4.78, 5) is 15.9. The lowest BCUT2D eigenvalue weighted by molar-refractivity contribution is 0.0926. The van der Waals surface area contributed by atoms with E-state index in [-0.39, 0.29) is 11.7 Å². The van der Waals surface area contributed by atoms with Gasteiger partial charge in [-0.05, 0) is 31.2 Å². The molecular weight excluding hydrogens is 336 g/mol. The van der Waals surface area contributed by atoms with Crippen molar-refractivity contribution in [1.82, 2.24) is 10.6 Å². The number of nitrogens with one attached hydrogen (secondary N) is 3. The molecule has 26 heavy (non-hydrogen) atoms. The molecule has 8 heteroatoms. The monoisotopic (exact) mass is 360 g/mol. The molecule has 0 saturated heterocycles. The summed E-state index contributed by atoms with van der Waals surface area (Å²) >= 11 is 0. The van der Waals surface area contributed by atoms with Crippen LogP contribution < -0.4 is 25.4 Å². The largest absolute Gasteiger partial charge is 0.493 e. The van der Waals surface area contributed by atoms with E-state index in [0.717, 1.165) is 5.69 Å². The Balaban J connectivity index is 1.83. The number of amides is 1. The second kappa shape index (κ2) is 9.97. The van der Waals surface area contributed by atoms with Gasteiger partial charge in [-0.25, -0.2) is 0 Å². The summed E-state index contributed by atoms with van der Waals surface area (Å²) in [6.45, 7) is 3.41. The van der Waals surface area contributed by atoms with Crippen LogP contribution in [-0.2, 0) is 0 Å². The highest BCUT2D eigenvalue weighted by Gasteiger charge is 2.08. The second-order valence-corrected chi connectivity index (χ2v) is 5.16. The van der Waals surface area contributed by atoms with Gasteiger partial charge in [0.05, 0.1) is 20.0 Å². The van der Waals surface area contributed by atoms with E-state index in [4.69, 9.17) is 13.9 Å². The van der Waals surface area contributed by atoms with Crippen molar-refractivity contribution in [2.24, 2.45) is 4.99 Å². The molecule has 2 aromatic rings. The number of ether oxygens (including phenoxy) is 2. The van der Waals surface area contributed by atoms with Crippen molar-refractivity contribution >= 4 is 17.6 Å². The van der Waals surface area contributed by atoms with E-state index in [1.165, 1.54) is 6.26 Å². The SMILES string of the molecule is CCOc1ccc(NC(=NC)NCCNC(=O)c2ccco2)cc1OC. The molecule has 0 fully saturated rings. The number of rotatable bonds is 8.